The van der Waals surface area contributed by atoms with E-state index < -0.39 is 17.8 Å². The number of aryl methyl sites for hydroxylation is 1. The lowest BCUT2D eigenvalue weighted by Gasteiger charge is -2.19. The molecule has 2 aromatic rings. The summed E-state index contributed by atoms with van der Waals surface area (Å²) in [6, 6.07) is 8.31. The van der Waals surface area contributed by atoms with Gasteiger partial charge in [0.2, 0.25) is 0 Å². The van der Waals surface area contributed by atoms with E-state index in [1.165, 1.54) is 6.07 Å². The van der Waals surface area contributed by atoms with E-state index >= 15 is 0 Å². The summed E-state index contributed by atoms with van der Waals surface area (Å²) in [5.74, 6) is 0. The molecule has 0 amide bonds. The topological polar surface area (TPSA) is 46.2 Å². The van der Waals surface area contributed by atoms with E-state index in [2.05, 4.69) is 0 Å². The second kappa shape index (κ2) is 5.41. The van der Waals surface area contributed by atoms with E-state index in [4.69, 9.17) is 5.73 Å². The minimum absolute atomic E-state index is 0.0681. The number of aliphatic hydroxyl groups excluding tert-OH is 1. The van der Waals surface area contributed by atoms with Gasteiger partial charge in [0.25, 0.3) is 0 Å². The van der Waals surface area contributed by atoms with E-state index in [1.54, 1.807) is 12.1 Å². The molecule has 2 aromatic carbocycles. The molecule has 0 aliphatic heterocycles. The van der Waals surface area contributed by atoms with Gasteiger partial charge in [-0.25, -0.2) is 0 Å². The summed E-state index contributed by atoms with van der Waals surface area (Å²) in [6.45, 7) is 3.69. The van der Waals surface area contributed by atoms with Gasteiger partial charge < -0.3 is 10.8 Å². The summed E-state index contributed by atoms with van der Waals surface area (Å²) in [5, 5.41) is 10.4. The van der Waals surface area contributed by atoms with Crippen molar-refractivity contribution in [1.29, 1.82) is 0 Å². The largest absolute Gasteiger partial charge is 0.416 e. The maximum absolute atomic E-state index is 12.8. The Bertz CT molecular complexity index is 665. The van der Waals surface area contributed by atoms with E-state index in [-0.39, 0.29) is 11.3 Å². The van der Waals surface area contributed by atoms with Crippen molar-refractivity contribution < 1.29 is 18.3 Å². The molecule has 0 aromatic heterocycles. The summed E-state index contributed by atoms with van der Waals surface area (Å²) >= 11 is 0. The zero-order chi connectivity index (χ0) is 15.8. The molecule has 0 aliphatic carbocycles. The van der Waals surface area contributed by atoms with Crippen molar-refractivity contribution >= 4 is 5.69 Å². The van der Waals surface area contributed by atoms with Gasteiger partial charge in [-0.15, -0.1) is 0 Å². The fourth-order valence-electron chi connectivity index (χ4n) is 2.23. The Morgan fingerprint density at radius 1 is 1.05 bits per heavy atom. The maximum Gasteiger partial charge on any atom is 0.416 e. The van der Waals surface area contributed by atoms with Crippen LogP contribution in [-0.2, 0) is 6.18 Å². The summed E-state index contributed by atoms with van der Waals surface area (Å²) < 4.78 is 38.4. The number of alkyl halides is 3. The molecule has 0 saturated carbocycles. The Balaban J connectivity index is 2.53. The molecule has 1 unspecified atom stereocenters. The first-order valence-corrected chi connectivity index (χ1v) is 6.42. The van der Waals surface area contributed by atoms with Crippen molar-refractivity contribution in [2.24, 2.45) is 0 Å². The Morgan fingerprint density at radius 3 is 2.33 bits per heavy atom. The lowest BCUT2D eigenvalue weighted by Crippen LogP contribution is -2.10. The van der Waals surface area contributed by atoms with Crippen LogP contribution in [0.2, 0.25) is 0 Å². The van der Waals surface area contributed by atoms with Crippen LogP contribution in [0.1, 0.15) is 33.9 Å². The van der Waals surface area contributed by atoms with Crippen molar-refractivity contribution in [3.8, 4) is 0 Å². The molecular formula is C16H16F3NO. The summed E-state index contributed by atoms with van der Waals surface area (Å²) in [6.07, 6.45) is -5.66. The molecule has 21 heavy (non-hydrogen) atoms. The van der Waals surface area contributed by atoms with E-state index in [0.717, 1.165) is 23.3 Å². The minimum Gasteiger partial charge on any atom is -0.398 e. The maximum atomic E-state index is 12.8. The Kier molecular flexibility index (Phi) is 3.96. The van der Waals surface area contributed by atoms with Crippen molar-refractivity contribution in [3.63, 3.8) is 0 Å². The number of rotatable bonds is 2. The van der Waals surface area contributed by atoms with Crippen LogP contribution in [0.15, 0.2) is 36.4 Å². The molecule has 2 rings (SSSR count). The van der Waals surface area contributed by atoms with Gasteiger partial charge in [0.15, 0.2) is 0 Å². The lowest BCUT2D eigenvalue weighted by molar-refractivity contribution is -0.137. The third kappa shape index (κ3) is 3.03. The fraction of sp³-hybridized carbons (Fsp3) is 0.250. The van der Waals surface area contributed by atoms with Crippen molar-refractivity contribution in [3.05, 3.63) is 64.2 Å². The van der Waals surface area contributed by atoms with Crippen LogP contribution in [-0.4, -0.2) is 5.11 Å². The molecule has 0 saturated heterocycles. The van der Waals surface area contributed by atoms with Gasteiger partial charge in [0.1, 0.15) is 6.10 Å². The second-order valence-corrected chi connectivity index (χ2v) is 5.03. The fourth-order valence-corrected chi connectivity index (χ4v) is 2.23. The smallest absolute Gasteiger partial charge is 0.398 e. The number of nitrogens with two attached hydrogens (primary N) is 1. The Labute approximate surface area is 121 Å². The van der Waals surface area contributed by atoms with E-state index in [9.17, 15) is 18.3 Å². The van der Waals surface area contributed by atoms with Crippen molar-refractivity contribution in [2.75, 3.05) is 5.73 Å². The third-order valence-electron chi connectivity index (χ3n) is 3.65. The quantitative estimate of drug-likeness (QED) is 0.823. The van der Waals surface area contributed by atoms with Gasteiger partial charge in [-0.1, -0.05) is 18.2 Å². The highest BCUT2D eigenvalue weighted by Crippen LogP contribution is 2.35. The average Bonchev–Trinajstić information content (AvgIpc) is 2.40. The van der Waals surface area contributed by atoms with Gasteiger partial charge in [0, 0.05) is 11.3 Å². The van der Waals surface area contributed by atoms with Crippen LogP contribution in [0.4, 0.5) is 18.9 Å². The zero-order valence-electron chi connectivity index (χ0n) is 11.7. The van der Waals surface area contributed by atoms with Gasteiger partial charge in [-0.2, -0.15) is 13.2 Å². The monoisotopic (exact) mass is 295 g/mol. The predicted octanol–water partition coefficient (Wildman–Crippen LogP) is 3.99. The molecule has 1 atom stereocenters. The third-order valence-corrected chi connectivity index (χ3v) is 3.65. The summed E-state index contributed by atoms with van der Waals surface area (Å²) in [7, 11) is 0. The van der Waals surface area contributed by atoms with Crippen molar-refractivity contribution in [1.82, 2.24) is 0 Å². The van der Waals surface area contributed by atoms with Gasteiger partial charge in [-0.05, 0) is 48.7 Å². The van der Waals surface area contributed by atoms with Crippen LogP contribution in [0, 0.1) is 13.8 Å². The molecule has 5 heteroatoms. The SMILES string of the molecule is Cc1cccc(C(O)c2cc(C(F)(F)F)ccc2N)c1C. The molecule has 0 radical (unpaired) electrons. The zero-order valence-corrected chi connectivity index (χ0v) is 11.7. The molecule has 0 bridgehead atoms. The minimum atomic E-state index is -4.47. The number of hydrogen-bond donors (Lipinski definition) is 2. The van der Waals surface area contributed by atoms with Gasteiger partial charge in [0.05, 0.1) is 5.56 Å². The molecule has 0 fully saturated rings. The Hall–Kier alpha value is -2.01. The molecule has 0 spiro atoms. The van der Waals surface area contributed by atoms with Crippen LogP contribution < -0.4 is 5.73 Å². The molecule has 3 N–H and O–H groups in total. The van der Waals surface area contributed by atoms with E-state index in [0.29, 0.717) is 5.56 Å². The van der Waals surface area contributed by atoms with Crippen LogP contribution in [0.5, 0.6) is 0 Å². The molecule has 2 nitrogen and oxygen atoms in total. The molecular weight excluding hydrogens is 279 g/mol. The number of aliphatic hydroxyl groups is 1. The molecule has 0 heterocycles. The van der Waals surface area contributed by atoms with E-state index in [1.807, 2.05) is 19.9 Å². The first kappa shape index (κ1) is 15.4. The van der Waals surface area contributed by atoms with Crippen LogP contribution >= 0.6 is 0 Å². The number of anilines is 1. The first-order chi connectivity index (χ1) is 9.71. The number of halogens is 3. The highest BCUT2D eigenvalue weighted by atomic mass is 19.4. The first-order valence-electron chi connectivity index (χ1n) is 6.42. The Morgan fingerprint density at radius 2 is 1.71 bits per heavy atom. The van der Waals surface area contributed by atoms with Gasteiger partial charge in [-0.3, -0.25) is 0 Å². The number of nitrogen functional groups attached to an aromatic ring is 1. The highest BCUT2D eigenvalue weighted by molar-refractivity contribution is 5.54. The van der Waals surface area contributed by atoms with Crippen LogP contribution in [0.3, 0.4) is 0 Å². The second-order valence-electron chi connectivity index (χ2n) is 5.03. The molecule has 0 aliphatic rings. The standard InChI is InChI=1S/C16H16F3NO/c1-9-4-3-5-12(10(9)2)15(21)13-8-11(16(17,18)19)6-7-14(13)20/h3-8,15,21H,20H2,1-2H3. The lowest BCUT2D eigenvalue weighted by atomic mass is 9.93. The van der Waals surface area contributed by atoms with Crippen molar-refractivity contribution in [2.45, 2.75) is 26.1 Å². The van der Waals surface area contributed by atoms with Crippen LogP contribution in [0.25, 0.3) is 0 Å². The summed E-state index contributed by atoms with van der Waals surface area (Å²) in [4.78, 5) is 0. The number of hydrogen-bond acceptors (Lipinski definition) is 2. The average molecular weight is 295 g/mol. The predicted molar refractivity (Wildman–Crippen MR) is 75.8 cm³/mol. The highest BCUT2D eigenvalue weighted by Gasteiger charge is 2.31. The number of benzene rings is 2. The van der Waals surface area contributed by atoms with Gasteiger partial charge >= 0.3 is 6.18 Å². The normalized spacial score (nSPS) is 13.2. The summed E-state index contributed by atoms with van der Waals surface area (Å²) in [5.41, 5.74) is 7.46. The molecule has 112 valence electrons.